The van der Waals surface area contributed by atoms with Gasteiger partial charge in [0.05, 0.1) is 10.9 Å². The van der Waals surface area contributed by atoms with Crippen molar-refractivity contribution in [2.45, 2.75) is 38.1 Å². The molecule has 3 aromatic carbocycles. The van der Waals surface area contributed by atoms with Crippen molar-refractivity contribution in [3.63, 3.8) is 0 Å². The van der Waals surface area contributed by atoms with E-state index in [0.717, 1.165) is 12.0 Å². The fourth-order valence-corrected chi connectivity index (χ4v) is 4.48. The van der Waals surface area contributed by atoms with Crippen LogP contribution in [-0.2, 0) is 16.4 Å². The molecule has 1 unspecified atom stereocenters. The normalized spacial score (nSPS) is 12.2. The second-order valence-electron chi connectivity index (χ2n) is 7.24. The molecule has 0 aromatic heterocycles. The lowest BCUT2D eigenvalue weighted by Crippen LogP contribution is -2.27. The summed E-state index contributed by atoms with van der Waals surface area (Å²) < 4.78 is 28.3. The number of hydrogen-bond donors (Lipinski definition) is 2. The van der Waals surface area contributed by atoms with E-state index in [1.165, 1.54) is 11.6 Å². The van der Waals surface area contributed by atoms with Crippen molar-refractivity contribution in [1.29, 1.82) is 0 Å². The Morgan fingerprint density at radius 1 is 0.967 bits per heavy atom. The molecule has 30 heavy (non-hydrogen) atoms. The summed E-state index contributed by atoms with van der Waals surface area (Å²) in [5.74, 6) is -0.321. The molecule has 0 spiro atoms. The molecule has 0 aliphatic rings. The van der Waals surface area contributed by atoms with Crippen LogP contribution in [0.15, 0.2) is 77.7 Å². The molecule has 0 radical (unpaired) electrons. The van der Waals surface area contributed by atoms with E-state index in [4.69, 9.17) is 0 Å². The van der Waals surface area contributed by atoms with E-state index in [9.17, 15) is 13.2 Å². The maximum absolute atomic E-state index is 12.9. The summed E-state index contributed by atoms with van der Waals surface area (Å²) in [5, 5.41) is 2.94. The number of sulfonamides is 1. The largest absolute Gasteiger partial charge is 0.346 e. The Kier molecular flexibility index (Phi) is 6.57. The zero-order valence-corrected chi connectivity index (χ0v) is 18.2. The standard InChI is InChI=1S/C24H26N2O3S/c1-4-19-11-14-20(15-12-19)18(3)25-24(27)21-13-10-17(2)23(16-21)30(28,29)26-22-8-6-5-7-9-22/h5-16,18,26H,4H2,1-3H3,(H,25,27). The third-order valence-electron chi connectivity index (χ3n) is 5.00. The summed E-state index contributed by atoms with van der Waals surface area (Å²) >= 11 is 0. The van der Waals surface area contributed by atoms with Crippen molar-refractivity contribution in [2.75, 3.05) is 4.72 Å². The van der Waals surface area contributed by atoms with Crippen LogP contribution in [0.4, 0.5) is 5.69 Å². The zero-order valence-electron chi connectivity index (χ0n) is 17.3. The predicted octanol–water partition coefficient (Wildman–Crippen LogP) is 4.85. The van der Waals surface area contributed by atoms with Crippen LogP contribution in [0.2, 0.25) is 0 Å². The first-order valence-corrected chi connectivity index (χ1v) is 11.4. The second-order valence-corrected chi connectivity index (χ2v) is 8.89. The Morgan fingerprint density at radius 2 is 1.63 bits per heavy atom. The number of carbonyl (C=O) groups is 1. The molecule has 0 aliphatic carbocycles. The van der Waals surface area contributed by atoms with Crippen molar-refractivity contribution in [3.05, 3.63) is 95.1 Å². The van der Waals surface area contributed by atoms with Crippen LogP contribution < -0.4 is 10.0 Å². The van der Waals surface area contributed by atoms with Gasteiger partial charge >= 0.3 is 0 Å². The van der Waals surface area contributed by atoms with Gasteiger partial charge in [0, 0.05) is 11.3 Å². The summed E-state index contributed by atoms with van der Waals surface area (Å²) in [6, 6.07) is 21.3. The molecule has 0 saturated carbocycles. The number of rotatable bonds is 7. The zero-order chi connectivity index (χ0) is 21.7. The van der Waals surface area contributed by atoms with Gasteiger partial charge in [0.1, 0.15) is 0 Å². The van der Waals surface area contributed by atoms with Gasteiger partial charge in [-0.25, -0.2) is 8.42 Å². The smallest absolute Gasteiger partial charge is 0.262 e. The molecule has 2 N–H and O–H groups in total. The molecule has 0 fully saturated rings. The third kappa shape index (κ3) is 5.07. The van der Waals surface area contributed by atoms with E-state index < -0.39 is 10.0 Å². The first-order valence-electron chi connectivity index (χ1n) is 9.88. The molecule has 6 heteroatoms. The first-order chi connectivity index (χ1) is 14.3. The number of anilines is 1. The number of amides is 1. The fourth-order valence-electron chi connectivity index (χ4n) is 3.15. The average Bonchev–Trinajstić information content (AvgIpc) is 2.74. The lowest BCUT2D eigenvalue weighted by atomic mass is 10.0. The number of nitrogens with one attached hydrogen (secondary N) is 2. The predicted molar refractivity (Wildman–Crippen MR) is 120 cm³/mol. The van der Waals surface area contributed by atoms with E-state index in [0.29, 0.717) is 16.8 Å². The van der Waals surface area contributed by atoms with Crippen molar-refractivity contribution >= 4 is 21.6 Å². The number of carbonyl (C=O) groups excluding carboxylic acids is 1. The summed E-state index contributed by atoms with van der Waals surface area (Å²) in [6.07, 6.45) is 0.957. The number of benzene rings is 3. The topological polar surface area (TPSA) is 75.3 Å². The minimum atomic E-state index is -3.82. The van der Waals surface area contributed by atoms with Gasteiger partial charge in [-0.2, -0.15) is 0 Å². The second kappa shape index (κ2) is 9.13. The highest BCUT2D eigenvalue weighted by Crippen LogP contribution is 2.22. The summed E-state index contributed by atoms with van der Waals surface area (Å²) in [4.78, 5) is 12.9. The molecule has 1 amide bonds. The Balaban J connectivity index is 1.80. The van der Waals surface area contributed by atoms with Gasteiger partial charge < -0.3 is 5.32 Å². The summed E-state index contributed by atoms with van der Waals surface area (Å²) in [7, 11) is -3.82. The van der Waals surface area contributed by atoms with Gasteiger partial charge in [-0.05, 0) is 61.2 Å². The van der Waals surface area contributed by atoms with E-state index in [1.54, 1.807) is 43.3 Å². The molecule has 0 heterocycles. The van der Waals surface area contributed by atoms with E-state index in [1.807, 2.05) is 37.3 Å². The Bertz CT molecular complexity index is 1120. The molecule has 3 rings (SSSR count). The van der Waals surface area contributed by atoms with Crippen LogP contribution in [0.5, 0.6) is 0 Å². The molecular formula is C24H26N2O3S. The molecule has 5 nitrogen and oxygen atoms in total. The van der Waals surface area contributed by atoms with Gasteiger partial charge in [0.2, 0.25) is 0 Å². The maximum Gasteiger partial charge on any atom is 0.262 e. The van der Waals surface area contributed by atoms with Crippen LogP contribution in [0, 0.1) is 6.92 Å². The molecular weight excluding hydrogens is 396 g/mol. The average molecular weight is 423 g/mol. The van der Waals surface area contributed by atoms with E-state index in [-0.39, 0.29) is 16.8 Å². The Labute approximate surface area is 178 Å². The Hall–Kier alpha value is -3.12. The molecule has 3 aromatic rings. The minimum Gasteiger partial charge on any atom is -0.346 e. The Morgan fingerprint density at radius 3 is 2.27 bits per heavy atom. The highest BCUT2D eigenvalue weighted by molar-refractivity contribution is 7.92. The lowest BCUT2D eigenvalue weighted by molar-refractivity contribution is 0.0939. The summed E-state index contributed by atoms with van der Waals surface area (Å²) in [5.41, 5.74) is 3.56. The monoisotopic (exact) mass is 422 g/mol. The highest BCUT2D eigenvalue weighted by Gasteiger charge is 2.20. The lowest BCUT2D eigenvalue weighted by Gasteiger charge is -2.16. The van der Waals surface area contributed by atoms with Crippen LogP contribution >= 0.6 is 0 Å². The van der Waals surface area contributed by atoms with Crippen molar-refractivity contribution in [2.24, 2.45) is 0 Å². The molecule has 156 valence electrons. The van der Waals surface area contributed by atoms with Crippen LogP contribution in [0.3, 0.4) is 0 Å². The minimum absolute atomic E-state index is 0.0824. The maximum atomic E-state index is 12.9. The quantitative estimate of drug-likeness (QED) is 0.572. The first kappa shape index (κ1) is 21.6. The van der Waals surface area contributed by atoms with Gasteiger partial charge in [-0.3, -0.25) is 9.52 Å². The van der Waals surface area contributed by atoms with E-state index >= 15 is 0 Å². The third-order valence-corrected chi connectivity index (χ3v) is 6.52. The SMILES string of the molecule is CCc1ccc(C(C)NC(=O)c2ccc(C)c(S(=O)(=O)Nc3ccccc3)c2)cc1. The molecule has 0 saturated heterocycles. The van der Waals surface area contributed by atoms with Crippen molar-refractivity contribution in [3.8, 4) is 0 Å². The number of aryl methyl sites for hydroxylation is 2. The van der Waals surface area contributed by atoms with E-state index in [2.05, 4.69) is 17.0 Å². The van der Waals surface area contributed by atoms with Crippen molar-refractivity contribution in [1.82, 2.24) is 5.32 Å². The van der Waals surface area contributed by atoms with Gasteiger partial charge in [-0.15, -0.1) is 0 Å². The van der Waals surface area contributed by atoms with Crippen LogP contribution in [0.1, 0.15) is 46.9 Å². The van der Waals surface area contributed by atoms with Gasteiger partial charge in [0.25, 0.3) is 15.9 Å². The number of para-hydroxylation sites is 1. The van der Waals surface area contributed by atoms with Crippen molar-refractivity contribution < 1.29 is 13.2 Å². The fraction of sp³-hybridized carbons (Fsp3) is 0.208. The highest BCUT2D eigenvalue weighted by atomic mass is 32.2. The van der Waals surface area contributed by atoms with Gasteiger partial charge in [0.15, 0.2) is 0 Å². The molecule has 0 aliphatic heterocycles. The van der Waals surface area contributed by atoms with Crippen LogP contribution in [0.25, 0.3) is 0 Å². The molecule has 0 bridgehead atoms. The molecule has 1 atom stereocenters. The van der Waals surface area contributed by atoms with Gasteiger partial charge in [-0.1, -0.05) is 55.5 Å². The van der Waals surface area contributed by atoms with Crippen LogP contribution in [-0.4, -0.2) is 14.3 Å². The summed E-state index contributed by atoms with van der Waals surface area (Å²) in [6.45, 7) is 5.71. The number of hydrogen-bond acceptors (Lipinski definition) is 3.